The van der Waals surface area contributed by atoms with Gasteiger partial charge in [-0.15, -0.1) is 0 Å². The maximum Gasteiger partial charge on any atom is 0.255 e. The Morgan fingerprint density at radius 3 is 2.60 bits per heavy atom. The molecule has 2 N–H and O–H groups in total. The predicted octanol–water partition coefficient (Wildman–Crippen LogP) is 3.72. The van der Waals surface area contributed by atoms with Gasteiger partial charge >= 0.3 is 0 Å². The van der Waals surface area contributed by atoms with Crippen molar-refractivity contribution < 1.29 is 14.6 Å². The van der Waals surface area contributed by atoms with E-state index in [-0.39, 0.29) is 11.7 Å². The van der Waals surface area contributed by atoms with Gasteiger partial charge in [0.2, 0.25) is 0 Å². The van der Waals surface area contributed by atoms with E-state index in [4.69, 9.17) is 4.74 Å². The normalized spacial score (nSPS) is 10.2. The maximum absolute atomic E-state index is 12.1. The Morgan fingerprint density at radius 2 is 2.00 bits per heavy atom. The molecule has 0 aromatic heterocycles. The second-order valence-corrected chi connectivity index (χ2v) is 5.16. The van der Waals surface area contributed by atoms with Crippen LogP contribution in [0.2, 0.25) is 0 Å². The fourth-order valence-corrected chi connectivity index (χ4v) is 2.24. The van der Waals surface area contributed by atoms with Crippen LogP contribution in [0.15, 0.2) is 40.9 Å². The molecule has 2 aromatic rings. The number of benzene rings is 2. The third-order valence-electron chi connectivity index (χ3n) is 2.88. The van der Waals surface area contributed by atoms with Gasteiger partial charge in [-0.1, -0.05) is 6.07 Å². The Hall–Kier alpha value is -2.01. The molecule has 0 heterocycles. The molecule has 0 bridgehead atoms. The molecule has 0 atom stereocenters. The van der Waals surface area contributed by atoms with Crippen molar-refractivity contribution in [3.8, 4) is 11.5 Å². The molecule has 2 aromatic carbocycles. The molecule has 0 spiro atoms. The van der Waals surface area contributed by atoms with Crippen LogP contribution < -0.4 is 10.1 Å². The van der Waals surface area contributed by atoms with Gasteiger partial charge in [-0.05, 0) is 52.7 Å². The molecule has 1 amide bonds. The molecule has 0 saturated carbocycles. The Bertz CT molecular complexity index is 656. The van der Waals surface area contributed by atoms with Gasteiger partial charge in [0.25, 0.3) is 5.91 Å². The number of anilines is 1. The fourth-order valence-electron chi connectivity index (χ4n) is 1.70. The second kappa shape index (κ2) is 5.96. The quantitative estimate of drug-likeness (QED) is 0.898. The first-order chi connectivity index (χ1) is 9.51. The first-order valence-corrected chi connectivity index (χ1v) is 6.75. The number of ether oxygens (including phenoxy) is 1. The molecule has 0 aliphatic heterocycles. The highest BCUT2D eigenvalue weighted by atomic mass is 79.9. The standard InChI is InChI=1S/C15H14BrNO3/c1-9-3-5-11(8-13(9)18)17-15(19)10-4-6-14(20-2)12(16)7-10/h3-8,18H,1-2H3,(H,17,19). The van der Waals surface area contributed by atoms with Gasteiger partial charge in [0.1, 0.15) is 11.5 Å². The van der Waals surface area contributed by atoms with Crippen LogP contribution in [0.4, 0.5) is 5.69 Å². The minimum absolute atomic E-state index is 0.152. The first-order valence-electron chi connectivity index (χ1n) is 5.96. The van der Waals surface area contributed by atoms with Gasteiger partial charge in [-0.3, -0.25) is 4.79 Å². The summed E-state index contributed by atoms with van der Waals surface area (Å²) >= 11 is 3.34. The molecule has 0 unspecified atom stereocenters. The third kappa shape index (κ3) is 3.11. The molecular formula is C15H14BrNO3. The van der Waals surface area contributed by atoms with Gasteiger partial charge in [0.15, 0.2) is 0 Å². The molecule has 0 aliphatic rings. The summed E-state index contributed by atoms with van der Waals surface area (Å²) in [4.78, 5) is 12.1. The lowest BCUT2D eigenvalue weighted by Gasteiger charge is -2.08. The lowest BCUT2D eigenvalue weighted by atomic mass is 10.1. The molecule has 0 saturated heterocycles. The van der Waals surface area contributed by atoms with E-state index < -0.39 is 0 Å². The lowest BCUT2D eigenvalue weighted by Crippen LogP contribution is -2.11. The van der Waals surface area contributed by atoms with Crippen molar-refractivity contribution >= 4 is 27.5 Å². The Morgan fingerprint density at radius 1 is 1.25 bits per heavy atom. The highest BCUT2D eigenvalue weighted by molar-refractivity contribution is 9.10. The first kappa shape index (κ1) is 14.4. The summed E-state index contributed by atoms with van der Waals surface area (Å²) in [7, 11) is 1.56. The van der Waals surface area contributed by atoms with Crippen LogP contribution in [0.5, 0.6) is 11.5 Å². The van der Waals surface area contributed by atoms with Gasteiger partial charge in [0.05, 0.1) is 11.6 Å². The topological polar surface area (TPSA) is 58.6 Å². The number of carbonyl (C=O) groups excluding carboxylic acids is 1. The highest BCUT2D eigenvalue weighted by Gasteiger charge is 2.10. The summed E-state index contributed by atoms with van der Waals surface area (Å²) in [5, 5.41) is 12.4. The van der Waals surface area contributed by atoms with Crippen molar-refractivity contribution in [3.63, 3.8) is 0 Å². The summed E-state index contributed by atoms with van der Waals surface area (Å²) in [6.07, 6.45) is 0. The number of hydrogen-bond donors (Lipinski definition) is 2. The zero-order valence-electron chi connectivity index (χ0n) is 11.1. The van der Waals surface area contributed by atoms with Crippen molar-refractivity contribution in [2.45, 2.75) is 6.92 Å². The average molecular weight is 336 g/mol. The van der Waals surface area contributed by atoms with Crippen LogP contribution in [0.3, 0.4) is 0 Å². The van der Waals surface area contributed by atoms with E-state index >= 15 is 0 Å². The van der Waals surface area contributed by atoms with Crippen molar-refractivity contribution in [2.75, 3.05) is 12.4 Å². The SMILES string of the molecule is COc1ccc(C(=O)Nc2ccc(C)c(O)c2)cc1Br. The number of aryl methyl sites for hydroxylation is 1. The molecular weight excluding hydrogens is 322 g/mol. The van der Waals surface area contributed by atoms with Crippen molar-refractivity contribution in [2.24, 2.45) is 0 Å². The number of hydrogen-bond acceptors (Lipinski definition) is 3. The monoisotopic (exact) mass is 335 g/mol. The molecule has 2 rings (SSSR count). The zero-order valence-corrected chi connectivity index (χ0v) is 12.7. The summed E-state index contributed by atoms with van der Waals surface area (Å²) in [5.74, 6) is 0.560. The Kier molecular flexibility index (Phi) is 4.29. The highest BCUT2D eigenvalue weighted by Crippen LogP contribution is 2.26. The number of rotatable bonds is 3. The van der Waals surface area contributed by atoms with E-state index in [0.29, 0.717) is 21.5 Å². The lowest BCUT2D eigenvalue weighted by molar-refractivity contribution is 0.102. The molecule has 20 heavy (non-hydrogen) atoms. The summed E-state index contributed by atoms with van der Waals surface area (Å²) in [6.45, 7) is 1.79. The number of methoxy groups -OCH3 is 1. The van der Waals surface area contributed by atoms with Gasteiger partial charge in [-0.25, -0.2) is 0 Å². The number of phenols is 1. The maximum atomic E-state index is 12.1. The number of amides is 1. The number of phenolic OH excluding ortho intramolecular Hbond substituents is 1. The van der Waals surface area contributed by atoms with Gasteiger partial charge in [0, 0.05) is 17.3 Å². The van der Waals surface area contributed by atoms with Crippen LogP contribution in [-0.2, 0) is 0 Å². The number of halogens is 1. The average Bonchev–Trinajstić information content (AvgIpc) is 2.42. The molecule has 0 fully saturated rings. The molecule has 5 heteroatoms. The number of carbonyl (C=O) groups is 1. The van der Waals surface area contributed by atoms with E-state index in [2.05, 4.69) is 21.2 Å². The number of aromatic hydroxyl groups is 1. The van der Waals surface area contributed by atoms with Crippen molar-refractivity contribution in [3.05, 3.63) is 52.0 Å². The Labute approximate surface area is 125 Å². The van der Waals surface area contributed by atoms with Gasteiger partial charge in [-0.2, -0.15) is 0 Å². The van der Waals surface area contributed by atoms with Gasteiger partial charge < -0.3 is 15.2 Å². The molecule has 0 radical (unpaired) electrons. The molecule has 4 nitrogen and oxygen atoms in total. The largest absolute Gasteiger partial charge is 0.508 e. The zero-order chi connectivity index (χ0) is 14.7. The Balaban J connectivity index is 2.19. The van der Waals surface area contributed by atoms with Crippen LogP contribution >= 0.6 is 15.9 Å². The number of nitrogens with one attached hydrogen (secondary N) is 1. The fraction of sp³-hybridized carbons (Fsp3) is 0.133. The predicted molar refractivity (Wildman–Crippen MR) is 81.5 cm³/mol. The van der Waals surface area contributed by atoms with Crippen molar-refractivity contribution in [1.82, 2.24) is 0 Å². The van der Waals surface area contributed by atoms with E-state index in [1.165, 1.54) is 6.07 Å². The van der Waals surface area contributed by atoms with E-state index in [9.17, 15) is 9.90 Å². The van der Waals surface area contributed by atoms with Crippen molar-refractivity contribution in [1.29, 1.82) is 0 Å². The van der Waals surface area contributed by atoms with E-state index in [1.54, 1.807) is 44.4 Å². The summed E-state index contributed by atoms with van der Waals surface area (Å²) in [6, 6.07) is 10.1. The summed E-state index contributed by atoms with van der Waals surface area (Å²) < 4.78 is 5.82. The second-order valence-electron chi connectivity index (χ2n) is 4.30. The van der Waals surface area contributed by atoms with Crippen LogP contribution in [0.1, 0.15) is 15.9 Å². The smallest absolute Gasteiger partial charge is 0.255 e. The van der Waals surface area contributed by atoms with E-state index in [1.807, 2.05) is 0 Å². The van der Waals surface area contributed by atoms with E-state index in [0.717, 1.165) is 5.56 Å². The molecule has 0 aliphatic carbocycles. The minimum atomic E-state index is -0.253. The third-order valence-corrected chi connectivity index (χ3v) is 3.50. The minimum Gasteiger partial charge on any atom is -0.508 e. The summed E-state index contributed by atoms with van der Waals surface area (Å²) in [5.41, 5.74) is 1.80. The molecule has 104 valence electrons. The van der Waals surface area contributed by atoms with Crippen LogP contribution in [0, 0.1) is 6.92 Å². The van der Waals surface area contributed by atoms with Crippen LogP contribution in [-0.4, -0.2) is 18.1 Å². The van der Waals surface area contributed by atoms with Crippen LogP contribution in [0.25, 0.3) is 0 Å².